The second-order valence-corrected chi connectivity index (χ2v) is 3.26. The molecular formula is C9H18N2O2. The first-order chi connectivity index (χ1) is 6.29. The number of carbonyl (C=O) groups excluding carboxylic acids is 1. The van der Waals surface area contributed by atoms with Gasteiger partial charge in [0.25, 0.3) is 0 Å². The first-order valence-electron chi connectivity index (χ1n) is 4.86. The Morgan fingerprint density at radius 1 is 1.69 bits per heavy atom. The lowest BCUT2D eigenvalue weighted by atomic mass is 10.1. The molecule has 0 aromatic carbocycles. The summed E-state index contributed by atoms with van der Waals surface area (Å²) >= 11 is 0. The molecule has 0 aromatic heterocycles. The number of hydrogen-bond acceptors (Lipinski definition) is 3. The van der Waals surface area contributed by atoms with Crippen LogP contribution in [-0.4, -0.2) is 43.2 Å². The Labute approximate surface area is 79.0 Å². The highest BCUT2D eigenvalue weighted by molar-refractivity contribution is 5.76. The van der Waals surface area contributed by atoms with E-state index in [0.29, 0.717) is 26.2 Å². The second kappa shape index (κ2) is 5.19. The molecule has 0 saturated carbocycles. The summed E-state index contributed by atoms with van der Waals surface area (Å²) in [5.41, 5.74) is 5.34. The zero-order valence-electron chi connectivity index (χ0n) is 8.16. The first-order valence-corrected chi connectivity index (χ1v) is 4.86. The van der Waals surface area contributed by atoms with E-state index in [1.807, 2.05) is 4.90 Å². The molecule has 76 valence electrons. The fraction of sp³-hybridized carbons (Fsp3) is 0.889. The second-order valence-electron chi connectivity index (χ2n) is 3.26. The maximum absolute atomic E-state index is 11.6. The van der Waals surface area contributed by atoms with Crippen LogP contribution in [0.3, 0.4) is 0 Å². The van der Waals surface area contributed by atoms with Gasteiger partial charge in [-0.1, -0.05) is 6.92 Å². The molecule has 1 fully saturated rings. The highest BCUT2D eigenvalue weighted by Gasteiger charge is 2.24. The van der Waals surface area contributed by atoms with Crippen molar-refractivity contribution in [2.75, 3.05) is 26.3 Å². The van der Waals surface area contributed by atoms with Crippen molar-refractivity contribution in [3.63, 3.8) is 0 Å². The molecule has 1 aliphatic heterocycles. The van der Waals surface area contributed by atoms with Crippen LogP contribution in [0.5, 0.6) is 0 Å². The molecule has 1 aliphatic rings. The van der Waals surface area contributed by atoms with E-state index in [2.05, 4.69) is 6.92 Å². The Morgan fingerprint density at radius 3 is 3.08 bits per heavy atom. The van der Waals surface area contributed by atoms with Crippen LogP contribution in [0, 0.1) is 0 Å². The zero-order valence-corrected chi connectivity index (χ0v) is 8.16. The van der Waals surface area contributed by atoms with Gasteiger partial charge in [-0.05, 0) is 6.42 Å². The quantitative estimate of drug-likeness (QED) is 0.673. The minimum Gasteiger partial charge on any atom is -0.377 e. The lowest BCUT2D eigenvalue weighted by Crippen LogP contribution is -2.48. The summed E-state index contributed by atoms with van der Waals surface area (Å²) in [6.07, 6.45) is 1.41. The van der Waals surface area contributed by atoms with E-state index in [9.17, 15) is 4.79 Å². The van der Waals surface area contributed by atoms with Crippen LogP contribution in [0.2, 0.25) is 0 Å². The normalized spacial score (nSPS) is 23.2. The Balaban J connectivity index is 2.48. The topological polar surface area (TPSA) is 55.6 Å². The fourth-order valence-electron chi connectivity index (χ4n) is 1.59. The van der Waals surface area contributed by atoms with Gasteiger partial charge in [-0.2, -0.15) is 0 Å². The third-order valence-corrected chi connectivity index (χ3v) is 2.38. The molecule has 0 spiro atoms. The summed E-state index contributed by atoms with van der Waals surface area (Å²) in [5, 5.41) is 0. The number of ether oxygens (including phenoxy) is 1. The summed E-state index contributed by atoms with van der Waals surface area (Å²) < 4.78 is 5.31. The van der Waals surface area contributed by atoms with Gasteiger partial charge in [0.2, 0.25) is 5.91 Å². The molecule has 0 aliphatic carbocycles. The van der Waals surface area contributed by atoms with E-state index in [0.717, 1.165) is 13.0 Å². The third kappa shape index (κ3) is 2.67. The van der Waals surface area contributed by atoms with Crippen molar-refractivity contribution < 1.29 is 9.53 Å². The van der Waals surface area contributed by atoms with E-state index in [4.69, 9.17) is 10.5 Å². The lowest BCUT2D eigenvalue weighted by Gasteiger charge is -2.35. The van der Waals surface area contributed by atoms with Gasteiger partial charge in [0.1, 0.15) is 0 Å². The molecule has 0 radical (unpaired) electrons. The molecule has 1 amide bonds. The van der Waals surface area contributed by atoms with Gasteiger partial charge in [0, 0.05) is 19.5 Å². The minimum absolute atomic E-state index is 0.164. The number of nitrogens with two attached hydrogens (primary N) is 1. The van der Waals surface area contributed by atoms with Crippen LogP contribution in [0.4, 0.5) is 0 Å². The van der Waals surface area contributed by atoms with Crippen molar-refractivity contribution in [3.05, 3.63) is 0 Å². The van der Waals surface area contributed by atoms with E-state index in [1.165, 1.54) is 0 Å². The number of hydrogen-bond donors (Lipinski definition) is 1. The van der Waals surface area contributed by atoms with Crippen LogP contribution in [0.15, 0.2) is 0 Å². The molecular weight excluding hydrogens is 168 g/mol. The van der Waals surface area contributed by atoms with Gasteiger partial charge in [-0.3, -0.25) is 4.79 Å². The Bertz CT molecular complexity index is 173. The molecule has 4 heteroatoms. The van der Waals surface area contributed by atoms with Gasteiger partial charge in [0.15, 0.2) is 0 Å². The monoisotopic (exact) mass is 186 g/mol. The summed E-state index contributed by atoms with van der Waals surface area (Å²) in [5.74, 6) is 0.164. The standard InChI is InChI=1S/C9H18N2O2/c1-2-8-7-13-6-5-11(8)9(12)3-4-10/h8H,2-7,10H2,1H3. The average Bonchev–Trinajstić information content (AvgIpc) is 2.18. The van der Waals surface area contributed by atoms with Crippen LogP contribution < -0.4 is 5.73 Å². The molecule has 2 N–H and O–H groups in total. The van der Waals surface area contributed by atoms with Crippen molar-refractivity contribution in [1.82, 2.24) is 4.90 Å². The molecule has 4 nitrogen and oxygen atoms in total. The molecule has 1 unspecified atom stereocenters. The molecule has 1 atom stereocenters. The highest BCUT2D eigenvalue weighted by atomic mass is 16.5. The van der Waals surface area contributed by atoms with Crippen molar-refractivity contribution in [2.45, 2.75) is 25.8 Å². The highest BCUT2D eigenvalue weighted by Crippen LogP contribution is 2.11. The Kier molecular flexibility index (Phi) is 4.18. The number of morpholine rings is 1. The van der Waals surface area contributed by atoms with E-state index < -0.39 is 0 Å². The summed E-state index contributed by atoms with van der Waals surface area (Å²) in [6.45, 7) is 4.56. The summed E-state index contributed by atoms with van der Waals surface area (Å²) in [6, 6.07) is 0.257. The first kappa shape index (κ1) is 10.5. The largest absolute Gasteiger partial charge is 0.377 e. The number of rotatable bonds is 3. The number of amides is 1. The van der Waals surface area contributed by atoms with Crippen molar-refractivity contribution >= 4 is 5.91 Å². The van der Waals surface area contributed by atoms with E-state index >= 15 is 0 Å². The molecule has 13 heavy (non-hydrogen) atoms. The summed E-state index contributed by atoms with van der Waals surface area (Å²) in [4.78, 5) is 13.5. The Morgan fingerprint density at radius 2 is 2.46 bits per heavy atom. The molecule has 1 heterocycles. The zero-order chi connectivity index (χ0) is 9.68. The van der Waals surface area contributed by atoms with Crippen LogP contribution in [-0.2, 0) is 9.53 Å². The third-order valence-electron chi connectivity index (χ3n) is 2.38. The van der Waals surface area contributed by atoms with Crippen LogP contribution in [0.25, 0.3) is 0 Å². The average molecular weight is 186 g/mol. The predicted octanol–water partition coefficient (Wildman–Crippen LogP) is -0.0274. The maximum atomic E-state index is 11.6. The Hall–Kier alpha value is -0.610. The van der Waals surface area contributed by atoms with Crippen LogP contribution in [0.1, 0.15) is 19.8 Å². The van der Waals surface area contributed by atoms with Crippen LogP contribution >= 0.6 is 0 Å². The lowest BCUT2D eigenvalue weighted by molar-refractivity contribution is -0.139. The van der Waals surface area contributed by atoms with Crippen molar-refractivity contribution in [2.24, 2.45) is 5.73 Å². The maximum Gasteiger partial charge on any atom is 0.224 e. The predicted molar refractivity (Wildman–Crippen MR) is 50.3 cm³/mol. The van der Waals surface area contributed by atoms with Crippen molar-refractivity contribution in [1.29, 1.82) is 0 Å². The molecule has 1 saturated heterocycles. The smallest absolute Gasteiger partial charge is 0.224 e. The minimum atomic E-state index is 0.164. The van der Waals surface area contributed by atoms with Gasteiger partial charge in [-0.15, -0.1) is 0 Å². The molecule has 1 rings (SSSR count). The molecule has 0 aromatic rings. The number of carbonyl (C=O) groups is 1. The van der Waals surface area contributed by atoms with E-state index in [1.54, 1.807) is 0 Å². The fourth-order valence-corrected chi connectivity index (χ4v) is 1.59. The summed E-state index contributed by atoms with van der Waals surface area (Å²) in [7, 11) is 0. The van der Waals surface area contributed by atoms with Gasteiger partial charge in [0.05, 0.1) is 19.3 Å². The van der Waals surface area contributed by atoms with Crippen molar-refractivity contribution in [3.8, 4) is 0 Å². The molecule has 0 bridgehead atoms. The van der Waals surface area contributed by atoms with E-state index in [-0.39, 0.29) is 11.9 Å². The van der Waals surface area contributed by atoms with Gasteiger partial charge in [-0.25, -0.2) is 0 Å². The van der Waals surface area contributed by atoms with Gasteiger partial charge >= 0.3 is 0 Å². The SMILES string of the molecule is CCC1COCCN1C(=O)CCN. The number of nitrogens with zero attached hydrogens (tertiary/aromatic N) is 1. The van der Waals surface area contributed by atoms with Gasteiger partial charge < -0.3 is 15.4 Å².